The van der Waals surface area contributed by atoms with Gasteiger partial charge in [-0.05, 0) is 42.8 Å². The van der Waals surface area contributed by atoms with Crippen molar-refractivity contribution in [2.75, 3.05) is 5.32 Å². The third-order valence-corrected chi connectivity index (χ3v) is 6.87. The lowest BCUT2D eigenvalue weighted by atomic mass is 10.1. The lowest BCUT2D eigenvalue weighted by Crippen LogP contribution is -2.00. The topological polar surface area (TPSA) is 65.4 Å². The molecule has 0 saturated carbocycles. The van der Waals surface area contributed by atoms with Gasteiger partial charge < -0.3 is 15.5 Å². The lowest BCUT2D eigenvalue weighted by molar-refractivity contribution is 0.469. The summed E-state index contributed by atoms with van der Waals surface area (Å²) in [6.07, 6.45) is 0. The highest BCUT2D eigenvalue weighted by Crippen LogP contribution is 2.50. The van der Waals surface area contributed by atoms with Crippen LogP contribution >= 0.6 is 23.1 Å². The molecular weight excluding hydrogens is 376 g/mol. The van der Waals surface area contributed by atoms with E-state index < -0.39 is 0 Å². The molecule has 1 aromatic heterocycles. The highest BCUT2D eigenvalue weighted by Gasteiger charge is 2.26. The van der Waals surface area contributed by atoms with Gasteiger partial charge in [0.25, 0.3) is 0 Å². The largest absolute Gasteiger partial charge is 0.508 e. The molecule has 0 saturated heterocycles. The van der Waals surface area contributed by atoms with Crippen molar-refractivity contribution in [2.24, 2.45) is 0 Å². The van der Waals surface area contributed by atoms with Crippen LogP contribution in [-0.4, -0.2) is 15.2 Å². The number of aryl methyl sites for hydroxylation is 1. The zero-order valence-electron chi connectivity index (χ0n) is 14.4. The number of nitrogens with one attached hydrogen (secondary N) is 1. The van der Waals surface area contributed by atoms with E-state index in [2.05, 4.69) is 17.4 Å². The molecular formula is C21H16N2O2S2. The number of benzene rings is 3. The zero-order valence-corrected chi connectivity index (χ0v) is 16.1. The Hall–Kier alpha value is -2.70. The van der Waals surface area contributed by atoms with Crippen LogP contribution in [0.1, 0.15) is 16.5 Å². The van der Waals surface area contributed by atoms with Crippen LogP contribution < -0.4 is 5.32 Å². The maximum atomic E-state index is 10.2. The van der Waals surface area contributed by atoms with Crippen molar-refractivity contribution in [1.29, 1.82) is 0 Å². The zero-order chi connectivity index (χ0) is 18.5. The van der Waals surface area contributed by atoms with Gasteiger partial charge in [0.15, 0.2) is 0 Å². The number of aromatic hydroxyl groups is 2. The van der Waals surface area contributed by atoms with Crippen molar-refractivity contribution in [1.82, 2.24) is 4.98 Å². The molecule has 1 unspecified atom stereocenters. The van der Waals surface area contributed by atoms with Crippen LogP contribution in [0.15, 0.2) is 59.5 Å². The van der Waals surface area contributed by atoms with Crippen molar-refractivity contribution in [3.63, 3.8) is 0 Å². The Bertz CT molecular complexity index is 1140. The number of fused-ring (bicyclic) bond motifs is 2. The molecule has 4 nitrogen and oxygen atoms in total. The Morgan fingerprint density at radius 2 is 1.85 bits per heavy atom. The molecule has 1 aliphatic heterocycles. The van der Waals surface area contributed by atoms with E-state index in [1.54, 1.807) is 35.2 Å². The SMILES string of the molecule is Cc1ccc(-c2nc3cc4c(cc3s2)NC(c2ccccc2O)S4)c(O)c1. The molecule has 0 aliphatic carbocycles. The fraction of sp³-hybridized carbons (Fsp3) is 0.0952. The Morgan fingerprint density at radius 3 is 2.67 bits per heavy atom. The number of thiazole rings is 1. The lowest BCUT2D eigenvalue weighted by Gasteiger charge is -2.12. The smallest absolute Gasteiger partial charge is 0.128 e. The van der Waals surface area contributed by atoms with Gasteiger partial charge in [-0.15, -0.1) is 11.3 Å². The van der Waals surface area contributed by atoms with Crippen molar-refractivity contribution in [3.05, 3.63) is 65.7 Å². The van der Waals surface area contributed by atoms with E-state index in [0.29, 0.717) is 5.75 Å². The van der Waals surface area contributed by atoms with Crippen LogP contribution in [0.3, 0.4) is 0 Å². The number of rotatable bonds is 2. The summed E-state index contributed by atoms with van der Waals surface area (Å²) in [6, 6.07) is 17.2. The number of hydrogen-bond donors (Lipinski definition) is 3. The van der Waals surface area contributed by atoms with E-state index in [4.69, 9.17) is 4.98 Å². The maximum absolute atomic E-state index is 10.2. The van der Waals surface area contributed by atoms with Crippen molar-refractivity contribution in [2.45, 2.75) is 17.2 Å². The van der Waals surface area contributed by atoms with E-state index in [1.165, 1.54) is 0 Å². The average molecular weight is 393 g/mol. The predicted molar refractivity (Wildman–Crippen MR) is 112 cm³/mol. The summed E-state index contributed by atoms with van der Waals surface area (Å²) < 4.78 is 1.06. The molecule has 0 radical (unpaired) electrons. The summed E-state index contributed by atoms with van der Waals surface area (Å²) in [5, 5.41) is 24.7. The molecule has 5 rings (SSSR count). The van der Waals surface area contributed by atoms with E-state index >= 15 is 0 Å². The first-order valence-electron chi connectivity index (χ1n) is 8.54. The van der Waals surface area contributed by atoms with E-state index in [-0.39, 0.29) is 11.1 Å². The van der Waals surface area contributed by atoms with Crippen LogP contribution in [0.4, 0.5) is 5.69 Å². The first-order chi connectivity index (χ1) is 13.1. The Kier molecular flexibility index (Phi) is 3.77. The molecule has 3 aromatic carbocycles. The summed E-state index contributed by atoms with van der Waals surface area (Å²) >= 11 is 3.24. The number of phenolic OH excluding ortho intramolecular Hbond substituents is 2. The molecule has 2 heterocycles. The Morgan fingerprint density at radius 1 is 1.00 bits per heavy atom. The van der Waals surface area contributed by atoms with Crippen LogP contribution in [0.5, 0.6) is 11.5 Å². The molecule has 3 N–H and O–H groups in total. The average Bonchev–Trinajstić information content (AvgIpc) is 3.22. The van der Waals surface area contributed by atoms with Crippen LogP contribution in [0, 0.1) is 6.92 Å². The van der Waals surface area contributed by atoms with Gasteiger partial charge in [0.05, 0.1) is 21.5 Å². The van der Waals surface area contributed by atoms with Gasteiger partial charge in [-0.2, -0.15) is 0 Å². The molecule has 27 heavy (non-hydrogen) atoms. The molecule has 0 bridgehead atoms. The van der Waals surface area contributed by atoms with Gasteiger partial charge in [-0.1, -0.05) is 36.0 Å². The molecule has 0 amide bonds. The number of nitrogens with zero attached hydrogens (tertiary/aromatic N) is 1. The molecule has 0 fully saturated rings. The van der Waals surface area contributed by atoms with Gasteiger partial charge in [0.2, 0.25) is 0 Å². The summed E-state index contributed by atoms with van der Waals surface area (Å²) in [4.78, 5) is 5.85. The number of hydrogen-bond acceptors (Lipinski definition) is 6. The minimum atomic E-state index is -0.0154. The maximum Gasteiger partial charge on any atom is 0.128 e. The Labute approximate surface area is 164 Å². The summed E-state index contributed by atoms with van der Waals surface area (Å²) in [5.74, 6) is 0.557. The third-order valence-electron chi connectivity index (χ3n) is 4.62. The van der Waals surface area contributed by atoms with Gasteiger partial charge in [-0.25, -0.2) is 4.98 Å². The van der Waals surface area contributed by atoms with Gasteiger partial charge in [0.1, 0.15) is 21.9 Å². The predicted octanol–water partition coefficient (Wildman–Crippen LogP) is 5.90. The van der Waals surface area contributed by atoms with Gasteiger partial charge >= 0.3 is 0 Å². The molecule has 0 spiro atoms. The van der Waals surface area contributed by atoms with Gasteiger partial charge in [0, 0.05) is 10.5 Å². The van der Waals surface area contributed by atoms with Crippen LogP contribution in [0.2, 0.25) is 0 Å². The van der Waals surface area contributed by atoms with Crippen molar-refractivity contribution < 1.29 is 10.2 Å². The second-order valence-corrected chi connectivity index (χ2v) is 8.73. The highest BCUT2D eigenvalue weighted by atomic mass is 32.2. The molecule has 1 aliphatic rings. The van der Waals surface area contributed by atoms with E-state index in [9.17, 15) is 10.2 Å². The second-order valence-electron chi connectivity index (χ2n) is 6.56. The summed E-state index contributed by atoms with van der Waals surface area (Å²) in [5.41, 5.74) is 4.62. The number of thioether (sulfide) groups is 1. The molecule has 6 heteroatoms. The normalized spacial score (nSPS) is 15.7. The molecule has 4 aromatic rings. The number of aromatic nitrogens is 1. The first kappa shape index (κ1) is 16.5. The number of anilines is 1. The number of phenols is 2. The van der Waals surface area contributed by atoms with Crippen LogP contribution in [-0.2, 0) is 0 Å². The quantitative estimate of drug-likeness (QED) is 0.396. The van der Waals surface area contributed by atoms with Crippen LogP contribution in [0.25, 0.3) is 20.8 Å². The highest BCUT2D eigenvalue weighted by molar-refractivity contribution is 8.00. The van der Waals surface area contributed by atoms with E-state index in [1.807, 2.05) is 37.3 Å². The Balaban J connectivity index is 1.52. The second kappa shape index (κ2) is 6.18. The van der Waals surface area contributed by atoms with Crippen molar-refractivity contribution in [3.8, 4) is 22.1 Å². The van der Waals surface area contributed by atoms with Crippen molar-refractivity contribution >= 4 is 39.0 Å². The van der Waals surface area contributed by atoms with E-state index in [0.717, 1.165) is 42.5 Å². The number of para-hydroxylation sites is 1. The van der Waals surface area contributed by atoms with Gasteiger partial charge in [-0.3, -0.25) is 0 Å². The molecule has 1 atom stereocenters. The monoisotopic (exact) mass is 392 g/mol. The fourth-order valence-electron chi connectivity index (χ4n) is 3.25. The molecule has 134 valence electrons. The third kappa shape index (κ3) is 2.81. The standard InChI is InChI=1S/C21H16N2O2S2/c1-11-6-7-13(17(25)8-11)21-23-15-10-18-14(9-19(15)27-21)22-20(26-18)12-4-2-3-5-16(12)24/h2-10,20,22,24-25H,1H3. The minimum absolute atomic E-state index is 0.0154. The summed E-state index contributed by atoms with van der Waals surface area (Å²) in [7, 11) is 0. The fourth-order valence-corrected chi connectivity index (χ4v) is 5.46. The first-order valence-corrected chi connectivity index (χ1v) is 10.2. The minimum Gasteiger partial charge on any atom is -0.508 e. The summed E-state index contributed by atoms with van der Waals surface area (Å²) in [6.45, 7) is 1.95.